The summed E-state index contributed by atoms with van der Waals surface area (Å²) in [6.45, 7) is 1.63. The number of rotatable bonds is 2. The molecule has 5 nitrogen and oxygen atoms in total. The summed E-state index contributed by atoms with van der Waals surface area (Å²) >= 11 is 0. The van der Waals surface area contributed by atoms with Gasteiger partial charge in [0.2, 0.25) is 5.91 Å². The number of carbonyl (C=O) groups is 2. The number of hydrogen-bond acceptors (Lipinski definition) is 4. The molecule has 132 valence electrons. The van der Waals surface area contributed by atoms with Gasteiger partial charge in [0, 0.05) is 13.1 Å². The van der Waals surface area contributed by atoms with E-state index in [1.807, 2.05) is 30.3 Å². The van der Waals surface area contributed by atoms with Crippen molar-refractivity contribution in [1.82, 2.24) is 10.0 Å². The molecule has 3 saturated heterocycles. The average Bonchev–Trinajstić information content (AvgIpc) is 3.29. The molecule has 3 aliphatic rings. The molecule has 2 amide bonds. The predicted molar refractivity (Wildman–Crippen MR) is 93.4 cm³/mol. The van der Waals surface area contributed by atoms with Gasteiger partial charge in [-0.25, -0.2) is 19.3 Å². The van der Waals surface area contributed by atoms with Gasteiger partial charge >= 0.3 is 0 Å². The standard InChI is InChI=1S/C20H18FN3O2/c21-14-7-9-15(10-8-14)24-19(25)16-17(13-5-2-1-3-6-13)22-11-4-12-23(22)18(16)20(24)26/h1-3,5-10,16-18H,4,11-12H2/t16-,17+,18+/m1/s1. The SMILES string of the molecule is O=C1[C@H]2[C@@H](C(=O)N1c1ccc(F)cc1)N1CCCN1[C@H]2c1ccccc1. The number of hydrazine groups is 1. The molecule has 0 unspecified atom stereocenters. The lowest BCUT2D eigenvalue weighted by Crippen LogP contribution is -2.44. The second kappa shape index (κ2) is 5.72. The van der Waals surface area contributed by atoms with Gasteiger partial charge in [0.05, 0.1) is 17.6 Å². The van der Waals surface area contributed by atoms with Crippen LogP contribution in [0.5, 0.6) is 0 Å². The zero-order valence-corrected chi connectivity index (χ0v) is 14.1. The molecule has 3 heterocycles. The molecular formula is C20H18FN3O2. The van der Waals surface area contributed by atoms with Crippen LogP contribution in [0.4, 0.5) is 10.1 Å². The first-order chi connectivity index (χ1) is 12.7. The Bertz CT molecular complexity index is 870. The van der Waals surface area contributed by atoms with Gasteiger partial charge in [-0.05, 0) is 36.2 Å². The van der Waals surface area contributed by atoms with E-state index in [4.69, 9.17) is 0 Å². The van der Waals surface area contributed by atoms with Crippen molar-refractivity contribution in [2.75, 3.05) is 18.0 Å². The van der Waals surface area contributed by atoms with E-state index in [0.29, 0.717) is 5.69 Å². The van der Waals surface area contributed by atoms with Crippen molar-refractivity contribution in [2.45, 2.75) is 18.5 Å². The lowest BCUT2D eigenvalue weighted by molar-refractivity contribution is -0.126. The van der Waals surface area contributed by atoms with Crippen LogP contribution in [0.25, 0.3) is 0 Å². The second-order valence-corrected chi connectivity index (χ2v) is 6.99. The van der Waals surface area contributed by atoms with Crippen molar-refractivity contribution in [3.8, 4) is 0 Å². The topological polar surface area (TPSA) is 43.9 Å². The highest BCUT2D eigenvalue weighted by Gasteiger charge is 2.62. The van der Waals surface area contributed by atoms with Crippen LogP contribution in [0.3, 0.4) is 0 Å². The van der Waals surface area contributed by atoms with Gasteiger partial charge in [-0.15, -0.1) is 0 Å². The Hall–Kier alpha value is -2.57. The Kier molecular flexibility index (Phi) is 3.45. The Morgan fingerprint density at radius 2 is 1.46 bits per heavy atom. The zero-order chi connectivity index (χ0) is 17.8. The van der Waals surface area contributed by atoms with Crippen molar-refractivity contribution < 1.29 is 14.0 Å². The van der Waals surface area contributed by atoms with E-state index in [1.54, 1.807) is 0 Å². The van der Waals surface area contributed by atoms with Crippen LogP contribution in [-0.2, 0) is 9.59 Å². The molecule has 3 fully saturated rings. The van der Waals surface area contributed by atoms with Crippen LogP contribution in [0.15, 0.2) is 54.6 Å². The van der Waals surface area contributed by atoms with E-state index in [9.17, 15) is 14.0 Å². The summed E-state index contributed by atoms with van der Waals surface area (Å²) in [7, 11) is 0. The number of nitrogens with zero attached hydrogens (tertiary/aromatic N) is 3. The maximum Gasteiger partial charge on any atom is 0.253 e. The van der Waals surface area contributed by atoms with E-state index in [0.717, 1.165) is 25.1 Å². The number of fused-ring (bicyclic) bond motifs is 3. The van der Waals surface area contributed by atoms with Gasteiger partial charge in [-0.3, -0.25) is 9.59 Å². The van der Waals surface area contributed by atoms with Crippen LogP contribution in [0, 0.1) is 11.7 Å². The first-order valence-corrected chi connectivity index (χ1v) is 8.88. The molecule has 0 spiro atoms. The van der Waals surface area contributed by atoms with Crippen molar-refractivity contribution in [3.63, 3.8) is 0 Å². The summed E-state index contributed by atoms with van der Waals surface area (Å²) < 4.78 is 13.3. The number of imide groups is 1. The molecule has 5 rings (SSSR count). The third-order valence-corrected chi connectivity index (χ3v) is 5.63. The van der Waals surface area contributed by atoms with Gasteiger partial charge in [0.25, 0.3) is 5.91 Å². The molecule has 2 aromatic carbocycles. The summed E-state index contributed by atoms with van der Waals surface area (Å²) in [5.74, 6) is -1.23. The quantitative estimate of drug-likeness (QED) is 0.779. The average molecular weight is 351 g/mol. The number of benzene rings is 2. The minimum atomic E-state index is -0.472. The molecule has 0 saturated carbocycles. The summed E-state index contributed by atoms with van der Waals surface area (Å²) in [6.07, 6.45) is 0.977. The first kappa shape index (κ1) is 15.7. The fourth-order valence-electron chi connectivity index (χ4n) is 4.61. The van der Waals surface area contributed by atoms with Gasteiger partial charge in [-0.1, -0.05) is 30.3 Å². The molecule has 0 radical (unpaired) electrons. The maximum atomic E-state index is 13.3. The molecule has 0 N–H and O–H groups in total. The Morgan fingerprint density at radius 3 is 2.15 bits per heavy atom. The monoisotopic (exact) mass is 351 g/mol. The van der Waals surface area contributed by atoms with E-state index >= 15 is 0 Å². The normalized spacial score (nSPS) is 28.7. The second-order valence-electron chi connectivity index (χ2n) is 6.99. The third-order valence-electron chi connectivity index (χ3n) is 5.63. The number of carbonyl (C=O) groups excluding carboxylic acids is 2. The molecule has 6 heteroatoms. The smallest absolute Gasteiger partial charge is 0.253 e. The van der Waals surface area contributed by atoms with Crippen LogP contribution in [-0.4, -0.2) is 41.0 Å². The van der Waals surface area contributed by atoms with Crippen molar-refractivity contribution >= 4 is 17.5 Å². The summed E-state index contributed by atoms with van der Waals surface area (Å²) in [5.41, 5.74) is 1.49. The minimum Gasteiger partial charge on any atom is -0.274 e. The minimum absolute atomic E-state index is 0.134. The summed E-state index contributed by atoms with van der Waals surface area (Å²) in [4.78, 5) is 27.6. The molecule has 0 bridgehead atoms. The fraction of sp³-hybridized carbons (Fsp3) is 0.300. The van der Waals surface area contributed by atoms with Gasteiger partial charge in [0.15, 0.2) is 0 Å². The lowest BCUT2D eigenvalue weighted by Gasteiger charge is -2.29. The van der Waals surface area contributed by atoms with E-state index < -0.39 is 12.0 Å². The zero-order valence-electron chi connectivity index (χ0n) is 14.1. The summed E-state index contributed by atoms with van der Waals surface area (Å²) in [6, 6.07) is 14.8. The predicted octanol–water partition coefficient (Wildman–Crippen LogP) is 2.36. The van der Waals surface area contributed by atoms with Gasteiger partial charge < -0.3 is 0 Å². The van der Waals surface area contributed by atoms with Crippen LogP contribution >= 0.6 is 0 Å². The van der Waals surface area contributed by atoms with Gasteiger partial charge in [-0.2, -0.15) is 0 Å². The highest BCUT2D eigenvalue weighted by molar-refractivity contribution is 6.24. The Labute approximate surface area is 150 Å². The third kappa shape index (κ3) is 2.09. The van der Waals surface area contributed by atoms with Crippen molar-refractivity contribution in [2.24, 2.45) is 5.92 Å². The highest BCUT2D eigenvalue weighted by atomic mass is 19.1. The largest absolute Gasteiger partial charge is 0.274 e. The van der Waals surface area contributed by atoms with E-state index in [1.165, 1.54) is 29.2 Å². The summed E-state index contributed by atoms with van der Waals surface area (Å²) in [5, 5.41) is 4.24. The molecule has 0 aromatic heterocycles. The molecular weight excluding hydrogens is 333 g/mol. The highest BCUT2D eigenvalue weighted by Crippen LogP contribution is 2.48. The Morgan fingerprint density at radius 1 is 0.808 bits per heavy atom. The van der Waals surface area contributed by atoms with Gasteiger partial charge in [0.1, 0.15) is 11.9 Å². The van der Waals surface area contributed by atoms with Crippen LogP contribution < -0.4 is 4.90 Å². The molecule has 2 aromatic rings. The fourth-order valence-corrected chi connectivity index (χ4v) is 4.61. The maximum absolute atomic E-state index is 13.3. The number of amides is 2. The number of halogens is 1. The molecule has 0 aliphatic carbocycles. The lowest BCUT2D eigenvalue weighted by atomic mass is 9.90. The van der Waals surface area contributed by atoms with Crippen molar-refractivity contribution in [1.29, 1.82) is 0 Å². The number of hydrogen-bond donors (Lipinski definition) is 0. The van der Waals surface area contributed by atoms with Crippen LogP contribution in [0.1, 0.15) is 18.0 Å². The van der Waals surface area contributed by atoms with Crippen molar-refractivity contribution in [3.05, 3.63) is 66.0 Å². The molecule has 26 heavy (non-hydrogen) atoms. The number of anilines is 1. The molecule has 3 aliphatic heterocycles. The first-order valence-electron chi connectivity index (χ1n) is 8.88. The molecule has 3 atom stereocenters. The van der Waals surface area contributed by atoms with E-state index in [-0.39, 0.29) is 23.7 Å². The van der Waals surface area contributed by atoms with Crippen LogP contribution in [0.2, 0.25) is 0 Å². The Balaban J connectivity index is 1.58. The van der Waals surface area contributed by atoms with E-state index in [2.05, 4.69) is 10.0 Å².